The van der Waals surface area contributed by atoms with Gasteiger partial charge in [0.05, 0.1) is 12.8 Å². The van der Waals surface area contributed by atoms with Crippen LogP contribution in [0.1, 0.15) is 59.9 Å². The van der Waals surface area contributed by atoms with Gasteiger partial charge in [-0.05, 0) is 72.8 Å². The van der Waals surface area contributed by atoms with Crippen LogP contribution in [0.2, 0.25) is 0 Å². The van der Waals surface area contributed by atoms with Crippen LogP contribution in [0.25, 0.3) is 0 Å². The summed E-state index contributed by atoms with van der Waals surface area (Å²) in [5.74, 6) is 0.717. The fraction of sp³-hybridized carbons (Fsp3) is 0.524. The number of nitrogens with one attached hydrogen (secondary N) is 1. The highest BCUT2D eigenvalue weighted by atomic mass is 32.2. The molecule has 0 radical (unpaired) electrons. The first-order valence-corrected chi connectivity index (χ1v) is 12.2. The minimum atomic E-state index is -3.47. The summed E-state index contributed by atoms with van der Waals surface area (Å²) in [5.41, 5.74) is 7.37. The number of nitrogens with two attached hydrogens (primary N) is 1. The Morgan fingerprint density at radius 3 is 2.93 bits per heavy atom. The van der Waals surface area contributed by atoms with E-state index in [1.807, 2.05) is 0 Å². The van der Waals surface area contributed by atoms with E-state index in [1.54, 1.807) is 4.68 Å². The minimum absolute atomic E-state index is 0.171. The molecule has 0 fully saturated rings. The van der Waals surface area contributed by atoms with Crippen molar-refractivity contribution in [3.8, 4) is 5.88 Å². The lowest BCUT2D eigenvalue weighted by Gasteiger charge is -2.20. The van der Waals surface area contributed by atoms with Crippen LogP contribution in [-0.4, -0.2) is 26.6 Å². The van der Waals surface area contributed by atoms with Crippen molar-refractivity contribution in [1.29, 1.82) is 0 Å². The van der Waals surface area contributed by atoms with Crippen molar-refractivity contribution in [3.63, 3.8) is 0 Å². The second-order valence-electron chi connectivity index (χ2n) is 8.47. The summed E-state index contributed by atoms with van der Waals surface area (Å²) in [6, 6.07) is -0.683. The molecule has 2 aromatic rings. The number of nitrogens with zero attached hydrogens (tertiary/aromatic N) is 3. The molecule has 5 rings (SSSR count). The largest absolute Gasteiger partial charge is 0.477 e. The quantitative estimate of drug-likeness (QED) is 0.761. The summed E-state index contributed by atoms with van der Waals surface area (Å²) in [4.78, 5) is 13.0. The first-order chi connectivity index (χ1) is 14.4. The van der Waals surface area contributed by atoms with Crippen molar-refractivity contribution in [1.82, 2.24) is 9.78 Å². The summed E-state index contributed by atoms with van der Waals surface area (Å²) >= 11 is 0. The van der Waals surface area contributed by atoms with Crippen LogP contribution in [0.3, 0.4) is 0 Å². The number of aryl methyl sites for hydroxylation is 1. The topological polar surface area (TPSA) is 112 Å². The van der Waals surface area contributed by atoms with Crippen LogP contribution in [0.4, 0.5) is 10.5 Å². The van der Waals surface area contributed by atoms with Gasteiger partial charge in [0.25, 0.3) is 0 Å². The zero-order valence-corrected chi connectivity index (χ0v) is 18.2. The van der Waals surface area contributed by atoms with Gasteiger partial charge in [0.15, 0.2) is 9.92 Å². The van der Waals surface area contributed by atoms with Gasteiger partial charge in [-0.15, -0.1) is 4.36 Å². The van der Waals surface area contributed by atoms with Crippen molar-refractivity contribution < 1.29 is 13.7 Å². The number of ether oxygens (including phenoxy) is 1. The number of aromatic nitrogens is 2. The third-order valence-corrected chi connectivity index (χ3v) is 7.96. The highest BCUT2D eigenvalue weighted by Crippen LogP contribution is 2.46. The normalized spacial score (nSPS) is 21.2. The average Bonchev–Trinajstić information content (AvgIpc) is 3.43. The molecule has 8 nitrogen and oxygen atoms in total. The molecule has 0 spiro atoms. The van der Waals surface area contributed by atoms with E-state index < -0.39 is 15.9 Å². The Bertz CT molecular complexity index is 1180. The lowest BCUT2D eigenvalue weighted by Crippen LogP contribution is -2.21. The van der Waals surface area contributed by atoms with Crippen LogP contribution < -0.4 is 15.2 Å². The number of fused-ring (bicyclic) bond motifs is 3. The molecule has 30 heavy (non-hydrogen) atoms. The molecule has 2 amide bonds. The number of hydrogen-bond donors (Lipinski definition) is 2. The number of urea groups is 1. The number of carbonyl (C=O) groups excluding carboxylic acids is 1. The Balaban J connectivity index is 1.53. The van der Waals surface area contributed by atoms with Crippen LogP contribution >= 0.6 is 0 Å². The van der Waals surface area contributed by atoms with E-state index in [0.29, 0.717) is 24.9 Å². The molecule has 3 N–H and O–H groups in total. The van der Waals surface area contributed by atoms with Crippen LogP contribution in [-0.2, 0) is 35.7 Å². The van der Waals surface area contributed by atoms with E-state index >= 15 is 0 Å². The molecule has 2 aliphatic carbocycles. The maximum Gasteiger partial charge on any atom is 0.354 e. The molecule has 0 saturated carbocycles. The molecular formula is C21H27N5O3S. The fourth-order valence-electron chi connectivity index (χ4n) is 5.19. The maximum atomic E-state index is 13.1. The minimum Gasteiger partial charge on any atom is -0.477 e. The molecule has 1 aromatic heterocycles. The van der Waals surface area contributed by atoms with Gasteiger partial charge < -0.3 is 10.1 Å². The summed E-state index contributed by atoms with van der Waals surface area (Å²) in [7, 11) is -3.47. The van der Waals surface area contributed by atoms with Gasteiger partial charge >= 0.3 is 6.03 Å². The molecule has 3 aliphatic rings. The summed E-state index contributed by atoms with van der Waals surface area (Å²) < 4.78 is 24.2. The molecule has 160 valence electrons. The first kappa shape index (κ1) is 19.6. The van der Waals surface area contributed by atoms with Crippen molar-refractivity contribution >= 4 is 21.6 Å². The number of hydrogen-bond acceptors (Lipinski definition) is 4. The summed E-state index contributed by atoms with van der Waals surface area (Å²) in [5, 5.41) is 13.1. The van der Waals surface area contributed by atoms with Crippen molar-refractivity contribution in [2.75, 3.05) is 11.9 Å². The molecule has 0 saturated heterocycles. The number of amides is 2. The standard InChI is InChI=1S/C21H27N5O3S/c1-12-7-8-15-13(2)14-5-3-6-16(14)19(18(12)15)24-21(27)25-30(22,28)17-11-23-26-9-4-10-29-20(17)26/h11-12H,3-10H2,1-2H3,(H3,22,24,25,27,28)/t12-,30-/m1/s1. The second kappa shape index (κ2) is 7.09. The number of rotatable bonds is 2. The number of anilines is 1. The monoisotopic (exact) mass is 429 g/mol. The van der Waals surface area contributed by atoms with Gasteiger partial charge in [0.1, 0.15) is 4.90 Å². The Labute approximate surface area is 176 Å². The van der Waals surface area contributed by atoms with Gasteiger partial charge in [0, 0.05) is 18.7 Å². The molecule has 1 aliphatic heterocycles. The van der Waals surface area contributed by atoms with E-state index in [-0.39, 0.29) is 4.90 Å². The van der Waals surface area contributed by atoms with Gasteiger partial charge in [-0.25, -0.2) is 18.8 Å². The zero-order valence-electron chi connectivity index (χ0n) is 17.4. The van der Waals surface area contributed by atoms with E-state index in [2.05, 4.69) is 28.6 Å². The molecule has 1 aromatic carbocycles. The van der Waals surface area contributed by atoms with Gasteiger partial charge in [0.2, 0.25) is 5.88 Å². The molecule has 0 bridgehead atoms. The predicted octanol–water partition coefficient (Wildman–Crippen LogP) is 3.45. The van der Waals surface area contributed by atoms with Gasteiger partial charge in [-0.1, -0.05) is 6.92 Å². The zero-order chi connectivity index (χ0) is 21.0. The smallest absolute Gasteiger partial charge is 0.354 e. The van der Waals surface area contributed by atoms with Crippen molar-refractivity contribution in [2.24, 2.45) is 9.50 Å². The Morgan fingerprint density at radius 1 is 1.30 bits per heavy atom. The number of benzene rings is 1. The van der Waals surface area contributed by atoms with Crippen LogP contribution in [0.15, 0.2) is 15.5 Å². The maximum absolute atomic E-state index is 13.1. The Hall–Kier alpha value is -2.39. The van der Waals surface area contributed by atoms with Gasteiger partial charge in [-0.2, -0.15) is 5.10 Å². The highest BCUT2D eigenvalue weighted by molar-refractivity contribution is 7.91. The lowest BCUT2D eigenvalue weighted by molar-refractivity contribution is 0.224. The van der Waals surface area contributed by atoms with E-state index in [0.717, 1.165) is 44.2 Å². The third kappa shape index (κ3) is 3.02. The van der Waals surface area contributed by atoms with Gasteiger partial charge in [-0.3, -0.25) is 0 Å². The Kier molecular flexibility index (Phi) is 4.62. The predicted molar refractivity (Wildman–Crippen MR) is 114 cm³/mol. The van der Waals surface area contributed by atoms with Crippen molar-refractivity contribution in [3.05, 3.63) is 34.0 Å². The SMILES string of the molecule is Cc1c2c(c(NC(=O)N=[S@@](N)(=O)c3cnn4c3OCCC4)c3c1CC[C@H]3C)CCC2. The molecule has 0 unspecified atom stereocenters. The third-order valence-electron chi connectivity index (χ3n) is 6.62. The van der Waals surface area contributed by atoms with Crippen LogP contribution in [0, 0.1) is 6.92 Å². The van der Waals surface area contributed by atoms with Crippen LogP contribution in [0.5, 0.6) is 5.88 Å². The van der Waals surface area contributed by atoms with E-state index in [4.69, 9.17) is 9.88 Å². The number of carbonyl (C=O) groups is 1. The summed E-state index contributed by atoms with van der Waals surface area (Å²) in [6.45, 7) is 5.56. The molecule has 2 heterocycles. The lowest BCUT2D eigenvalue weighted by atomic mass is 9.90. The highest BCUT2D eigenvalue weighted by Gasteiger charge is 2.31. The second-order valence-corrected chi connectivity index (χ2v) is 10.2. The Morgan fingerprint density at radius 2 is 2.10 bits per heavy atom. The molecule has 9 heteroatoms. The van der Waals surface area contributed by atoms with Crippen molar-refractivity contribution in [2.45, 2.75) is 69.7 Å². The summed E-state index contributed by atoms with van der Waals surface area (Å²) in [6.07, 6.45) is 7.38. The molecular weight excluding hydrogens is 402 g/mol. The molecule has 2 atom stereocenters. The first-order valence-electron chi connectivity index (χ1n) is 10.6. The van der Waals surface area contributed by atoms with E-state index in [9.17, 15) is 9.00 Å². The fourth-order valence-corrected chi connectivity index (χ4v) is 6.20. The average molecular weight is 430 g/mol. The van der Waals surface area contributed by atoms with E-state index in [1.165, 1.54) is 34.0 Å².